The fourth-order valence-electron chi connectivity index (χ4n) is 3.32. The van der Waals surface area contributed by atoms with Crippen LogP contribution < -0.4 is 15.8 Å². The number of carbonyl (C=O) groups is 1. The van der Waals surface area contributed by atoms with Crippen molar-refractivity contribution in [3.05, 3.63) is 88.5 Å². The smallest absolute Gasteiger partial charge is 0.277 e. The van der Waals surface area contributed by atoms with E-state index in [0.717, 1.165) is 5.56 Å². The second-order valence-electron chi connectivity index (χ2n) is 8.13. The highest BCUT2D eigenvalue weighted by Gasteiger charge is 2.29. The van der Waals surface area contributed by atoms with Crippen molar-refractivity contribution in [1.29, 1.82) is 0 Å². The van der Waals surface area contributed by atoms with E-state index in [-0.39, 0.29) is 12.3 Å². The van der Waals surface area contributed by atoms with Crippen LogP contribution in [0.5, 0.6) is 5.75 Å². The third-order valence-electron chi connectivity index (χ3n) is 5.42. The molecule has 10 nitrogen and oxygen atoms in total. The number of pyridine rings is 1. The maximum Gasteiger partial charge on any atom is 0.277 e. The molecule has 2 aromatic carbocycles. The second-order valence-corrected chi connectivity index (χ2v) is 8.13. The molecule has 0 unspecified atom stereocenters. The van der Waals surface area contributed by atoms with Gasteiger partial charge in [0.1, 0.15) is 24.0 Å². The van der Waals surface area contributed by atoms with Crippen LogP contribution in [0.15, 0.2) is 67.1 Å². The third kappa shape index (κ3) is 4.60. The molecule has 0 atom stereocenters. The minimum absolute atomic E-state index is 0.0289. The van der Waals surface area contributed by atoms with Gasteiger partial charge < -0.3 is 15.8 Å². The molecule has 34 heavy (non-hydrogen) atoms. The standard InChI is InChI=1S/C24H22N6O4/c1-24(2,23(25)31)20-12-26-13-22(28-20)29-21-11-15(9-10-27-21)14-34-19-8-7-18(30(32)33)16-5-3-4-6-17(16)19/h3-13H,14H2,1-2H3,(H2,25,31)(H,27,28,29). The molecule has 0 saturated carbocycles. The number of rotatable bonds is 8. The molecule has 0 fully saturated rings. The van der Waals surface area contributed by atoms with Crippen LogP contribution in [0.3, 0.4) is 0 Å². The molecular weight excluding hydrogens is 436 g/mol. The first-order valence-electron chi connectivity index (χ1n) is 10.4. The van der Waals surface area contributed by atoms with E-state index in [0.29, 0.717) is 33.9 Å². The Hall–Kier alpha value is -4.60. The SMILES string of the molecule is CC(C)(C(N)=O)c1cncc(Nc2cc(COc3ccc([N+](=O)[O-])c4ccccc34)ccn2)n1. The normalized spacial score (nSPS) is 11.2. The summed E-state index contributed by atoms with van der Waals surface area (Å²) in [7, 11) is 0. The fourth-order valence-corrected chi connectivity index (χ4v) is 3.32. The van der Waals surface area contributed by atoms with E-state index in [2.05, 4.69) is 20.3 Å². The lowest BCUT2D eigenvalue weighted by Gasteiger charge is -2.19. The maximum absolute atomic E-state index is 11.7. The fraction of sp³-hybridized carbons (Fsp3) is 0.167. The molecule has 3 N–H and O–H groups in total. The monoisotopic (exact) mass is 458 g/mol. The van der Waals surface area contributed by atoms with Gasteiger partial charge in [0.25, 0.3) is 5.69 Å². The summed E-state index contributed by atoms with van der Waals surface area (Å²) in [4.78, 5) is 35.5. The number of ether oxygens (including phenoxy) is 1. The first kappa shape index (κ1) is 22.6. The largest absolute Gasteiger partial charge is 0.488 e. The zero-order chi connectivity index (χ0) is 24.3. The molecule has 2 heterocycles. The number of amides is 1. The quantitative estimate of drug-likeness (QED) is 0.297. The summed E-state index contributed by atoms with van der Waals surface area (Å²) in [6.07, 6.45) is 4.65. The number of fused-ring (bicyclic) bond motifs is 1. The lowest BCUT2D eigenvalue weighted by atomic mass is 9.89. The van der Waals surface area contributed by atoms with Crippen molar-refractivity contribution in [3.8, 4) is 5.75 Å². The Bertz CT molecular complexity index is 1390. The first-order valence-corrected chi connectivity index (χ1v) is 10.4. The van der Waals surface area contributed by atoms with Crippen LogP contribution in [0, 0.1) is 10.1 Å². The van der Waals surface area contributed by atoms with E-state index in [4.69, 9.17) is 10.5 Å². The summed E-state index contributed by atoms with van der Waals surface area (Å²) in [5.74, 6) is 0.964. The van der Waals surface area contributed by atoms with Crippen molar-refractivity contribution < 1.29 is 14.5 Å². The predicted octanol–water partition coefficient (Wildman–Crippen LogP) is 4.02. The molecular formula is C24H22N6O4. The Morgan fingerprint density at radius 3 is 2.62 bits per heavy atom. The number of aromatic nitrogens is 3. The second kappa shape index (κ2) is 9.10. The average Bonchev–Trinajstić information content (AvgIpc) is 2.82. The molecule has 0 radical (unpaired) electrons. The number of nitro groups is 1. The number of non-ortho nitro benzene ring substituents is 1. The Kier molecular flexibility index (Phi) is 6.05. The maximum atomic E-state index is 11.7. The van der Waals surface area contributed by atoms with E-state index in [1.165, 1.54) is 18.5 Å². The van der Waals surface area contributed by atoms with E-state index in [1.54, 1.807) is 56.4 Å². The van der Waals surface area contributed by atoms with Crippen LogP contribution in [0.4, 0.5) is 17.3 Å². The number of nitro benzene ring substituents is 1. The van der Waals surface area contributed by atoms with Crippen LogP contribution >= 0.6 is 0 Å². The van der Waals surface area contributed by atoms with Gasteiger partial charge in [-0.25, -0.2) is 9.97 Å². The summed E-state index contributed by atoms with van der Waals surface area (Å²) < 4.78 is 5.98. The van der Waals surface area contributed by atoms with Gasteiger partial charge in [0.15, 0.2) is 0 Å². The number of nitrogens with two attached hydrogens (primary N) is 1. The van der Waals surface area contributed by atoms with Gasteiger partial charge in [-0.05, 0) is 43.7 Å². The van der Waals surface area contributed by atoms with Gasteiger partial charge in [-0.1, -0.05) is 18.2 Å². The molecule has 0 spiro atoms. The summed E-state index contributed by atoms with van der Waals surface area (Å²) in [5, 5.41) is 15.6. The number of anilines is 2. The molecule has 2 aromatic heterocycles. The Morgan fingerprint density at radius 2 is 1.88 bits per heavy atom. The highest BCUT2D eigenvalue weighted by molar-refractivity contribution is 5.95. The van der Waals surface area contributed by atoms with Crippen LogP contribution in [-0.4, -0.2) is 25.8 Å². The highest BCUT2D eigenvalue weighted by Crippen LogP contribution is 2.33. The summed E-state index contributed by atoms with van der Waals surface area (Å²) in [5.41, 5.74) is 5.80. The van der Waals surface area contributed by atoms with Gasteiger partial charge >= 0.3 is 0 Å². The van der Waals surface area contributed by atoms with E-state index in [9.17, 15) is 14.9 Å². The number of hydrogen-bond donors (Lipinski definition) is 2. The Morgan fingerprint density at radius 1 is 1.12 bits per heavy atom. The molecule has 4 aromatic rings. The molecule has 0 saturated heterocycles. The Labute approximate surface area is 195 Å². The molecule has 0 aliphatic carbocycles. The topological polar surface area (TPSA) is 146 Å². The molecule has 10 heteroatoms. The number of primary amides is 1. The number of benzene rings is 2. The van der Waals surface area contributed by atoms with Crippen molar-refractivity contribution in [1.82, 2.24) is 15.0 Å². The van der Waals surface area contributed by atoms with Gasteiger partial charge in [-0.2, -0.15) is 0 Å². The molecule has 172 valence electrons. The third-order valence-corrected chi connectivity index (χ3v) is 5.42. The zero-order valence-corrected chi connectivity index (χ0v) is 18.6. The van der Waals surface area contributed by atoms with Crippen molar-refractivity contribution in [2.45, 2.75) is 25.9 Å². The van der Waals surface area contributed by atoms with Gasteiger partial charge in [-0.3, -0.25) is 19.9 Å². The van der Waals surface area contributed by atoms with Crippen LogP contribution in [-0.2, 0) is 16.8 Å². The number of hydrogen-bond acceptors (Lipinski definition) is 8. The molecule has 0 aliphatic rings. The minimum Gasteiger partial charge on any atom is -0.488 e. The minimum atomic E-state index is -0.971. The van der Waals surface area contributed by atoms with Gasteiger partial charge in [0.05, 0.1) is 27.6 Å². The van der Waals surface area contributed by atoms with Crippen LogP contribution in [0.25, 0.3) is 10.8 Å². The van der Waals surface area contributed by atoms with Gasteiger partial charge in [0.2, 0.25) is 5.91 Å². The highest BCUT2D eigenvalue weighted by atomic mass is 16.6. The lowest BCUT2D eigenvalue weighted by Crippen LogP contribution is -2.36. The number of nitrogens with one attached hydrogen (secondary N) is 1. The summed E-state index contributed by atoms with van der Waals surface area (Å²) >= 11 is 0. The molecule has 0 aliphatic heterocycles. The predicted molar refractivity (Wildman–Crippen MR) is 127 cm³/mol. The van der Waals surface area contributed by atoms with E-state index in [1.807, 2.05) is 6.07 Å². The zero-order valence-electron chi connectivity index (χ0n) is 18.6. The van der Waals surface area contributed by atoms with E-state index >= 15 is 0 Å². The number of carbonyl (C=O) groups excluding carboxylic acids is 1. The summed E-state index contributed by atoms with van der Waals surface area (Å²) in [6.45, 7) is 3.59. The van der Waals surface area contributed by atoms with Crippen molar-refractivity contribution >= 4 is 34.0 Å². The van der Waals surface area contributed by atoms with Crippen molar-refractivity contribution in [3.63, 3.8) is 0 Å². The average molecular weight is 458 g/mol. The van der Waals surface area contributed by atoms with Crippen LogP contribution in [0.1, 0.15) is 25.1 Å². The number of nitrogens with zero attached hydrogens (tertiary/aromatic N) is 4. The molecule has 4 rings (SSSR count). The Balaban J connectivity index is 1.52. The van der Waals surface area contributed by atoms with Crippen molar-refractivity contribution in [2.24, 2.45) is 5.73 Å². The van der Waals surface area contributed by atoms with E-state index < -0.39 is 16.2 Å². The molecule has 0 bridgehead atoms. The summed E-state index contributed by atoms with van der Waals surface area (Å²) in [6, 6.07) is 13.7. The lowest BCUT2D eigenvalue weighted by molar-refractivity contribution is -0.383. The first-order chi connectivity index (χ1) is 16.3. The van der Waals surface area contributed by atoms with Gasteiger partial charge in [-0.15, -0.1) is 0 Å². The van der Waals surface area contributed by atoms with Crippen molar-refractivity contribution in [2.75, 3.05) is 5.32 Å². The van der Waals surface area contributed by atoms with Gasteiger partial charge in [0, 0.05) is 23.8 Å². The van der Waals surface area contributed by atoms with Crippen LogP contribution in [0.2, 0.25) is 0 Å². The molecule has 1 amide bonds.